The van der Waals surface area contributed by atoms with Crippen LogP contribution in [0.4, 0.5) is 0 Å². The fourth-order valence-electron chi connectivity index (χ4n) is 2.73. The fraction of sp³-hybridized carbons (Fsp3) is 0.625. The van der Waals surface area contributed by atoms with Gasteiger partial charge in [-0.1, -0.05) is 25.1 Å². The van der Waals surface area contributed by atoms with E-state index < -0.39 is 0 Å². The predicted octanol–water partition coefficient (Wildman–Crippen LogP) is 3.43. The number of benzene rings is 1. The minimum atomic E-state index is 0.0471. The van der Waals surface area contributed by atoms with Gasteiger partial charge < -0.3 is 15.2 Å². The van der Waals surface area contributed by atoms with Crippen molar-refractivity contribution in [1.29, 1.82) is 0 Å². The van der Waals surface area contributed by atoms with Crippen LogP contribution < -0.4 is 10.5 Å². The summed E-state index contributed by atoms with van der Waals surface area (Å²) in [5.41, 5.74) is 7.26. The molecule has 0 amide bonds. The molecule has 1 aromatic carbocycles. The van der Waals surface area contributed by atoms with Crippen LogP contribution in [0.25, 0.3) is 0 Å². The van der Waals surface area contributed by atoms with Crippen LogP contribution >= 0.6 is 0 Å². The van der Waals surface area contributed by atoms with Crippen molar-refractivity contribution in [3.8, 4) is 5.75 Å². The van der Waals surface area contributed by atoms with Crippen molar-refractivity contribution >= 4 is 0 Å². The van der Waals surface area contributed by atoms with E-state index in [0.717, 1.165) is 30.6 Å². The molecule has 3 heteroatoms. The molecule has 1 fully saturated rings. The minimum Gasteiger partial charge on any atom is -0.490 e. The van der Waals surface area contributed by atoms with Crippen LogP contribution in [-0.4, -0.2) is 18.3 Å². The standard InChI is InChI=1S/C16H25NO2/c1-4-15(17)14-7-5-6-8-16(14)19-13-9-11(2)18-12(3)10-13/h5-8,11-13,15H,4,9-10,17H2,1-3H3. The molecule has 1 aliphatic heterocycles. The Morgan fingerprint density at radius 1 is 1.26 bits per heavy atom. The number of hydrogen-bond acceptors (Lipinski definition) is 3. The summed E-state index contributed by atoms with van der Waals surface area (Å²) < 4.78 is 11.9. The van der Waals surface area contributed by atoms with E-state index in [0.29, 0.717) is 0 Å². The highest BCUT2D eigenvalue weighted by Crippen LogP contribution is 2.29. The second-order valence-electron chi connectivity index (χ2n) is 5.52. The first-order chi connectivity index (χ1) is 9.10. The van der Waals surface area contributed by atoms with E-state index in [1.165, 1.54) is 0 Å². The molecule has 3 nitrogen and oxygen atoms in total. The average Bonchev–Trinajstić information content (AvgIpc) is 2.37. The molecule has 0 radical (unpaired) electrons. The molecular formula is C16H25NO2. The maximum absolute atomic E-state index is 6.19. The molecule has 2 N–H and O–H groups in total. The van der Waals surface area contributed by atoms with E-state index in [2.05, 4.69) is 26.8 Å². The van der Waals surface area contributed by atoms with Crippen LogP contribution in [0.1, 0.15) is 51.6 Å². The lowest BCUT2D eigenvalue weighted by Crippen LogP contribution is -2.36. The van der Waals surface area contributed by atoms with Crippen molar-refractivity contribution in [1.82, 2.24) is 0 Å². The monoisotopic (exact) mass is 263 g/mol. The normalized spacial score (nSPS) is 28.9. The molecule has 0 bridgehead atoms. The lowest BCUT2D eigenvalue weighted by molar-refractivity contribution is -0.0723. The maximum Gasteiger partial charge on any atom is 0.124 e. The van der Waals surface area contributed by atoms with Gasteiger partial charge >= 0.3 is 0 Å². The molecule has 1 aliphatic rings. The third-order valence-corrected chi connectivity index (χ3v) is 3.71. The van der Waals surface area contributed by atoms with Gasteiger partial charge in [0.15, 0.2) is 0 Å². The molecule has 0 aromatic heterocycles. The van der Waals surface area contributed by atoms with Gasteiger partial charge in [-0.05, 0) is 26.3 Å². The van der Waals surface area contributed by atoms with Gasteiger partial charge in [-0.15, -0.1) is 0 Å². The Morgan fingerprint density at radius 3 is 2.53 bits per heavy atom. The second kappa shape index (κ2) is 6.40. The molecule has 0 spiro atoms. The molecule has 1 heterocycles. The zero-order chi connectivity index (χ0) is 13.8. The molecule has 19 heavy (non-hydrogen) atoms. The summed E-state index contributed by atoms with van der Waals surface area (Å²) in [7, 11) is 0. The Bertz CT molecular complexity index is 397. The Balaban J connectivity index is 2.10. The Hall–Kier alpha value is -1.06. The lowest BCUT2D eigenvalue weighted by atomic mass is 10.0. The van der Waals surface area contributed by atoms with Crippen LogP contribution in [0.15, 0.2) is 24.3 Å². The van der Waals surface area contributed by atoms with Gasteiger partial charge in [-0.2, -0.15) is 0 Å². The van der Waals surface area contributed by atoms with Gasteiger partial charge in [0.1, 0.15) is 11.9 Å². The minimum absolute atomic E-state index is 0.0471. The molecule has 0 saturated carbocycles. The predicted molar refractivity (Wildman–Crippen MR) is 77.3 cm³/mol. The summed E-state index contributed by atoms with van der Waals surface area (Å²) in [6.45, 7) is 6.31. The van der Waals surface area contributed by atoms with Gasteiger partial charge in [-0.3, -0.25) is 0 Å². The third kappa shape index (κ3) is 3.71. The zero-order valence-corrected chi connectivity index (χ0v) is 12.1. The molecule has 3 atom stereocenters. The summed E-state index contributed by atoms with van der Waals surface area (Å²) in [5.74, 6) is 0.933. The van der Waals surface area contributed by atoms with E-state index >= 15 is 0 Å². The van der Waals surface area contributed by atoms with Crippen molar-refractivity contribution in [3.63, 3.8) is 0 Å². The lowest BCUT2D eigenvalue weighted by Gasteiger charge is -2.33. The summed E-state index contributed by atoms with van der Waals surface area (Å²) in [4.78, 5) is 0. The molecule has 2 rings (SSSR count). The van der Waals surface area contributed by atoms with E-state index in [1.807, 2.05) is 18.2 Å². The maximum atomic E-state index is 6.19. The Morgan fingerprint density at radius 2 is 1.89 bits per heavy atom. The Labute approximate surface area is 116 Å². The van der Waals surface area contributed by atoms with Gasteiger partial charge in [0.05, 0.1) is 12.2 Å². The molecule has 1 saturated heterocycles. The summed E-state index contributed by atoms with van der Waals surface area (Å²) >= 11 is 0. The fourth-order valence-corrected chi connectivity index (χ4v) is 2.73. The summed E-state index contributed by atoms with van der Waals surface area (Å²) in [5, 5.41) is 0. The van der Waals surface area contributed by atoms with Gasteiger partial charge in [0.2, 0.25) is 0 Å². The van der Waals surface area contributed by atoms with Crippen LogP contribution in [0.5, 0.6) is 5.75 Å². The highest BCUT2D eigenvalue weighted by Gasteiger charge is 2.26. The van der Waals surface area contributed by atoms with Gasteiger partial charge in [0.25, 0.3) is 0 Å². The molecule has 1 aromatic rings. The average molecular weight is 263 g/mol. The smallest absolute Gasteiger partial charge is 0.124 e. The number of para-hydroxylation sites is 1. The van der Waals surface area contributed by atoms with Crippen molar-refractivity contribution in [3.05, 3.63) is 29.8 Å². The SMILES string of the molecule is CCC(N)c1ccccc1OC1CC(C)OC(C)C1. The van der Waals surface area contributed by atoms with E-state index in [1.54, 1.807) is 0 Å². The van der Waals surface area contributed by atoms with E-state index in [9.17, 15) is 0 Å². The van der Waals surface area contributed by atoms with Gasteiger partial charge in [0, 0.05) is 24.4 Å². The van der Waals surface area contributed by atoms with Crippen LogP contribution in [0.3, 0.4) is 0 Å². The zero-order valence-electron chi connectivity index (χ0n) is 12.1. The highest BCUT2D eigenvalue weighted by atomic mass is 16.5. The molecule has 0 aliphatic carbocycles. The first-order valence-electron chi connectivity index (χ1n) is 7.26. The van der Waals surface area contributed by atoms with Crippen molar-refractivity contribution < 1.29 is 9.47 Å². The topological polar surface area (TPSA) is 44.5 Å². The van der Waals surface area contributed by atoms with Crippen LogP contribution in [0.2, 0.25) is 0 Å². The largest absolute Gasteiger partial charge is 0.490 e. The third-order valence-electron chi connectivity index (χ3n) is 3.71. The van der Waals surface area contributed by atoms with Crippen molar-refractivity contribution in [2.24, 2.45) is 5.73 Å². The Kier molecular flexibility index (Phi) is 4.83. The molecule has 3 unspecified atom stereocenters. The van der Waals surface area contributed by atoms with Crippen LogP contribution in [0, 0.1) is 0 Å². The number of nitrogens with two attached hydrogens (primary N) is 1. The highest BCUT2D eigenvalue weighted by molar-refractivity contribution is 5.35. The van der Waals surface area contributed by atoms with E-state index in [-0.39, 0.29) is 24.4 Å². The van der Waals surface area contributed by atoms with Crippen molar-refractivity contribution in [2.75, 3.05) is 0 Å². The summed E-state index contributed by atoms with van der Waals surface area (Å²) in [6.07, 6.45) is 3.56. The second-order valence-corrected chi connectivity index (χ2v) is 5.52. The number of rotatable bonds is 4. The summed E-state index contributed by atoms with van der Waals surface area (Å²) in [6, 6.07) is 8.16. The number of hydrogen-bond donors (Lipinski definition) is 1. The quantitative estimate of drug-likeness (QED) is 0.905. The molecule has 106 valence electrons. The number of ether oxygens (including phenoxy) is 2. The molecular weight excluding hydrogens is 238 g/mol. The van der Waals surface area contributed by atoms with Crippen LogP contribution in [-0.2, 0) is 4.74 Å². The van der Waals surface area contributed by atoms with Crippen molar-refractivity contribution in [2.45, 2.75) is 64.4 Å². The van der Waals surface area contributed by atoms with E-state index in [4.69, 9.17) is 15.2 Å². The first-order valence-corrected chi connectivity index (χ1v) is 7.26. The van der Waals surface area contributed by atoms with Gasteiger partial charge in [-0.25, -0.2) is 0 Å². The first kappa shape index (κ1) is 14.4.